The molecule has 0 saturated heterocycles. The van der Waals surface area contributed by atoms with E-state index in [1.165, 1.54) is 18.7 Å². The molecule has 0 bridgehead atoms. The number of allylic oxidation sites excluding steroid dienone is 1. The molecular weight excluding hydrogens is 149 g/mol. The Morgan fingerprint density at radius 1 is 1.30 bits per heavy atom. The van der Waals surface area contributed by atoms with Gasteiger partial charge in [-0.15, -0.1) is 11.8 Å². The first-order valence-corrected chi connectivity index (χ1v) is 4.22. The van der Waals surface area contributed by atoms with Crippen LogP contribution in [-0.2, 0) is 0 Å². The Labute approximate surface area is 65.4 Å². The fourth-order valence-corrected chi connectivity index (χ4v) is 1.02. The van der Waals surface area contributed by atoms with Crippen LogP contribution in [0.15, 0.2) is 15.8 Å². The third kappa shape index (κ3) is 3.67. The van der Waals surface area contributed by atoms with Crippen molar-refractivity contribution in [3.63, 3.8) is 0 Å². The first-order chi connectivity index (χ1) is 4.57. The zero-order chi connectivity index (χ0) is 8.15. The summed E-state index contributed by atoms with van der Waals surface area (Å²) in [6.07, 6.45) is 1.81. The zero-order valence-corrected chi connectivity index (χ0v) is 7.55. The minimum absolute atomic E-state index is 0.214. The predicted octanol–water partition coefficient (Wildman–Crippen LogP) is 2.99. The van der Waals surface area contributed by atoms with Crippen molar-refractivity contribution in [2.45, 2.75) is 20.8 Å². The molecule has 0 heterocycles. The molecule has 0 aliphatic rings. The van der Waals surface area contributed by atoms with Crippen LogP contribution in [0.3, 0.4) is 0 Å². The summed E-state index contributed by atoms with van der Waals surface area (Å²) >= 11 is 1.32. The van der Waals surface area contributed by atoms with Gasteiger partial charge in [0.05, 0.1) is 0 Å². The Hall–Kier alpha value is -0.310. The van der Waals surface area contributed by atoms with E-state index in [2.05, 4.69) is 4.99 Å². The topological polar surface area (TPSA) is 12.4 Å². The summed E-state index contributed by atoms with van der Waals surface area (Å²) in [6, 6.07) is 0. The quantitative estimate of drug-likeness (QED) is 0.567. The van der Waals surface area contributed by atoms with E-state index in [4.69, 9.17) is 0 Å². The van der Waals surface area contributed by atoms with Crippen LogP contribution in [0.4, 0.5) is 4.39 Å². The Morgan fingerprint density at radius 3 is 1.90 bits per heavy atom. The van der Waals surface area contributed by atoms with Crippen LogP contribution in [0.1, 0.15) is 20.8 Å². The molecule has 0 amide bonds. The first kappa shape index (κ1) is 9.69. The zero-order valence-electron chi connectivity index (χ0n) is 6.73. The monoisotopic (exact) mass is 161 g/mol. The van der Waals surface area contributed by atoms with Gasteiger partial charge >= 0.3 is 0 Å². The van der Waals surface area contributed by atoms with Crippen LogP contribution >= 0.6 is 11.8 Å². The second-order valence-electron chi connectivity index (χ2n) is 2.10. The van der Waals surface area contributed by atoms with E-state index >= 15 is 0 Å². The van der Waals surface area contributed by atoms with Crippen molar-refractivity contribution in [1.82, 2.24) is 0 Å². The van der Waals surface area contributed by atoms with Crippen LogP contribution in [-0.4, -0.2) is 12.0 Å². The van der Waals surface area contributed by atoms with E-state index in [0.29, 0.717) is 5.03 Å². The molecule has 0 aliphatic carbocycles. The fourth-order valence-electron chi connectivity index (χ4n) is 0.466. The van der Waals surface area contributed by atoms with E-state index in [9.17, 15) is 4.39 Å². The molecule has 0 radical (unpaired) electrons. The maximum Gasteiger partial charge on any atom is 0.129 e. The number of aliphatic imine (C=N–C) groups is 1. The SMILES string of the molecule is CS/C(N=C(C)C)=C(/C)F. The summed E-state index contributed by atoms with van der Waals surface area (Å²) < 4.78 is 12.5. The first-order valence-electron chi connectivity index (χ1n) is 3.00. The molecule has 0 N–H and O–H groups in total. The summed E-state index contributed by atoms with van der Waals surface area (Å²) in [5.41, 5.74) is 0.876. The van der Waals surface area contributed by atoms with Crippen molar-refractivity contribution >= 4 is 17.5 Å². The number of hydrogen-bond donors (Lipinski definition) is 0. The van der Waals surface area contributed by atoms with Crippen LogP contribution in [0, 0.1) is 0 Å². The van der Waals surface area contributed by atoms with Crippen LogP contribution in [0.5, 0.6) is 0 Å². The highest BCUT2D eigenvalue weighted by Gasteiger charge is 1.96. The number of thioether (sulfide) groups is 1. The highest BCUT2D eigenvalue weighted by atomic mass is 32.2. The van der Waals surface area contributed by atoms with E-state index in [0.717, 1.165) is 5.71 Å². The summed E-state index contributed by atoms with van der Waals surface area (Å²) in [7, 11) is 0. The average molecular weight is 161 g/mol. The Balaban J connectivity index is 4.40. The van der Waals surface area contributed by atoms with Gasteiger partial charge in [-0.05, 0) is 27.0 Å². The van der Waals surface area contributed by atoms with E-state index in [-0.39, 0.29) is 5.83 Å². The molecule has 1 nitrogen and oxygen atoms in total. The van der Waals surface area contributed by atoms with Gasteiger partial charge in [0.2, 0.25) is 0 Å². The maximum atomic E-state index is 12.5. The molecule has 58 valence electrons. The van der Waals surface area contributed by atoms with E-state index in [1.807, 2.05) is 20.1 Å². The van der Waals surface area contributed by atoms with Gasteiger partial charge in [0.15, 0.2) is 0 Å². The van der Waals surface area contributed by atoms with Crippen LogP contribution < -0.4 is 0 Å². The Bertz CT molecular complexity index is 164. The fraction of sp³-hybridized carbons (Fsp3) is 0.571. The summed E-state index contributed by atoms with van der Waals surface area (Å²) in [6.45, 7) is 5.11. The van der Waals surface area contributed by atoms with E-state index < -0.39 is 0 Å². The van der Waals surface area contributed by atoms with Gasteiger partial charge in [0, 0.05) is 5.71 Å². The summed E-state index contributed by atoms with van der Waals surface area (Å²) in [4.78, 5) is 3.98. The van der Waals surface area contributed by atoms with Gasteiger partial charge in [-0.1, -0.05) is 0 Å². The van der Waals surface area contributed by atoms with Gasteiger partial charge in [-0.3, -0.25) is 0 Å². The van der Waals surface area contributed by atoms with Crippen molar-refractivity contribution in [2.24, 2.45) is 4.99 Å². The van der Waals surface area contributed by atoms with Crippen molar-refractivity contribution in [3.8, 4) is 0 Å². The standard InChI is InChI=1S/C7H12FNS/c1-5(2)9-7(10-4)6(3)8/h1-4H3/b7-6-. The van der Waals surface area contributed by atoms with Crippen molar-refractivity contribution in [3.05, 3.63) is 10.9 Å². The smallest absolute Gasteiger partial charge is 0.129 e. The third-order valence-corrected chi connectivity index (χ3v) is 1.57. The van der Waals surface area contributed by atoms with Gasteiger partial charge in [0.1, 0.15) is 10.9 Å². The predicted molar refractivity (Wildman–Crippen MR) is 46.1 cm³/mol. The highest BCUT2D eigenvalue weighted by molar-refractivity contribution is 8.02. The lowest BCUT2D eigenvalue weighted by Gasteiger charge is -1.96. The molecule has 10 heavy (non-hydrogen) atoms. The second-order valence-corrected chi connectivity index (χ2v) is 2.90. The number of hydrogen-bond acceptors (Lipinski definition) is 2. The highest BCUT2D eigenvalue weighted by Crippen LogP contribution is 2.18. The number of halogens is 1. The minimum atomic E-state index is -0.214. The molecule has 0 spiro atoms. The molecular formula is C7H12FNS. The van der Waals surface area contributed by atoms with Gasteiger partial charge in [0.25, 0.3) is 0 Å². The van der Waals surface area contributed by atoms with Gasteiger partial charge < -0.3 is 0 Å². The maximum absolute atomic E-state index is 12.5. The Kier molecular flexibility index (Phi) is 4.36. The molecule has 0 aromatic heterocycles. The molecule has 0 aromatic carbocycles. The second kappa shape index (κ2) is 4.50. The lowest BCUT2D eigenvalue weighted by molar-refractivity contribution is 0.634. The lowest BCUT2D eigenvalue weighted by atomic mass is 10.5. The molecule has 0 aliphatic heterocycles. The number of nitrogens with zero attached hydrogens (tertiary/aromatic N) is 1. The van der Waals surface area contributed by atoms with Crippen LogP contribution in [0.25, 0.3) is 0 Å². The van der Waals surface area contributed by atoms with E-state index in [1.54, 1.807) is 0 Å². The molecule has 0 rings (SSSR count). The molecule has 0 atom stereocenters. The van der Waals surface area contributed by atoms with Gasteiger partial charge in [-0.2, -0.15) is 0 Å². The molecule has 0 fully saturated rings. The van der Waals surface area contributed by atoms with Crippen molar-refractivity contribution in [2.75, 3.05) is 6.26 Å². The van der Waals surface area contributed by atoms with Crippen molar-refractivity contribution < 1.29 is 4.39 Å². The van der Waals surface area contributed by atoms with Crippen LogP contribution in [0.2, 0.25) is 0 Å². The van der Waals surface area contributed by atoms with Gasteiger partial charge in [-0.25, -0.2) is 9.38 Å². The molecule has 3 heteroatoms. The molecule has 0 saturated carbocycles. The lowest BCUT2D eigenvalue weighted by Crippen LogP contribution is -1.82. The van der Waals surface area contributed by atoms with Crippen molar-refractivity contribution in [1.29, 1.82) is 0 Å². The minimum Gasteiger partial charge on any atom is -0.249 e. The third-order valence-electron chi connectivity index (χ3n) is 0.813. The normalized spacial score (nSPS) is 12.5. The largest absolute Gasteiger partial charge is 0.249 e. The summed E-state index contributed by atoms with van der Waals surface area (Å²) in [5, 5.41) is 0.472. The molecule has 0 unspecified atom stereocenters. The molecule has 0 aromatic rings. The summed E-state index contributed by atoms with van der Waals surface area (Å²) in [5.74, 6) is -0.214. The average Bonchev–Trinajstić information content (AvgIpc) is 1.81. The Morgan fingerprint density at radius 2 is 1.80 bits per heavy atom. The number of rotatable bonds is 2.